The van der Waals surface area contributed by atoms with Crippen LogP contribution in [0.5, 0.6) is 5.75 Å². The first-order valence-electron chi connectivity index (χ1n) is 8.69. The number of nitrogens with one attached hydrogen (secondary N) is 1. The number of carbonyl (C=O) groups excluding carboxylic acids is 1. The maximum atomic E-state index is 12.5. The number of nitrogens with zero attached hydrogens (tertiary/aromatic N) is 1. The van der Waals surface area contributed by atoms with Gasteiger partial charge in [0, 0.05) is 35.9 Å². The number of rotatable bonds is 3. The fraction of sp³-hybridized carbons (Fsp3) is 0.350. The van der Waals surface area contributed by atoms with Gasteiger partial charge in [-0.15, -0.1) is 0 Å². The Morgan fingerprint density at radius 3 is 2.76 bits per heavy atom. The summed E-state index contributed by atoms with van der Waals surface area (Å²) in [6.45, 7) is 4.48. The molecule has 2 unspecified atom stereocenters. The molecule has 2 aromatic rings. The average molecular weight is 357 g/mol. The van der Waals surface area contributed by atoms with Crippen molar-refractivity contribution in [1.29, 1.82) is 0 Å². The van der Waals surface area contributed by atoms with E-state index in [0.29, 0.717) is 11.4 Å². The predicted octanol–water partition coefficient (Wildman–Crippen LogP) is 4.13. The van der Waals surface area contributed by atoms with Gasteiger partial charge in [-0.2, -0.15) is 0 Å². The topological polar surface area (TPSA) is 41.6 Å². The molecular weight excluding hydrogens is 336 g/mol. The van der Waals surface area contributed by atoms with Gasteiger partial charge in [0.05, 0.1) is 0 Å². The highest BCUT2D eigenvalue weighted by Crippen LogP contribution is 2.31. The van der Waals surface area contributed by atoms with Crippen LogP contribution < -0.4 is 15.0 Å². The van der Waals surface area contributed by atoms with E-state index >= 15 is 0 Å². The first kappa shape index (κ1) is 16.3. The third-order valence-electron chi connectivity index (χ3n) is 4.91. The number of halogens is 1. The van der Waals surface area contributed by atoms with Crippen molar-refractivity contribution in [2.24, 2.45) is 5.92 Å². The van der Waals surface area contributed by atoms with E-state index in [1.807, 2.05) is 24.3 Å². The van der Waals surface area contributed by atoms with Gasteiger partial charge in [-0.25, -0.2) is 0 Å². The van der Waals surface area contributed by atoms with Gasteiger partial charge in [-0.05, 0) is 60.4 Å². The molecular formula is C20H21ClN2O2. The molecule has 2 atom stereocenters. The van der Waals surface area contributed by atoms with Crippen molar-refractivity contribution < 1.29 is 9.53 Å². The van der Waals surface area contributed by atoms with E-state index in [2.05, 4.69) is 29.3 Å². The van der Waals surface area contributed by atoms with Gasteiger partial charge in [0.2, 0.25) is 0 Å². The molecule has 130 valence electrons. The van der Waals surface area contributed by atoms with Gasteiger partial charge in [-0.1, -0.05) is 18.5 Å². The van der Waals surface area contributed by atoms with Crippen LogP contribution in [-0.4, -0.2) is 25.1 Å². The number of hydrogen-bond donors (Lipinski definition) is 1. The number of benzene rings is 2. The van der Waals surface area contributed by atoms with Crippen LogP contribution in [0.4, 0.5) is 11.4 Å². The fourth-order valence-corrected chi connectivity index (χ4v) is 3.71. The van der Waals surface area contributed by atoms with Crippen molar-refractivity contribution in [1.82, 2.24) is 0 Å². The van der Waals surface area contributed by atoms with Crippen molar-refractivity contribution >= 4 is 28.9 Å². The molecule has 1 saturated heterocycles. The number of ether oxygens (including phenoxy) is 1. The summed E-state index contributed by atoms with van der Waals surface area (Å²) in [4.78, 5) is 14.9. The molecule has 2 heterocycles. The average Bonchev–Trinajstić information content (AvgIpc) is 3.21. The molecule has 0 aliphatic carbocycles. The second-order valence-corrected chi connectivity index (χ2v) is 7.38. The molecule has 0 aromatic heterocycles. The minimum atomic E-state index is -0.507. The molecule has 2 aliphatic heterocycles. The lowest BCUT2D eigenvalue weighted by atomic mass is 10.1. The van der Waals surface area contributed by atoms with E-state index in [0.717, 1.165) is 36.0 Å². The molecule has 4 rings (SSSR count). The second-order valence-electron chi connectivity index (χ2n) is 6.94. The Morgan fingerprint density at radius 2 is 2.04 bits per heavy atom. The third kappa shape index (κ3) is 3.45. The van der Waals surface area contributed by atoms with Crippen LogP contribution in [0.2, 0.25) is 5.02 Å². The van der Waals surface area contributed by atoms with Gasteiger partial charge < -0.3 is 15.0 Å². The maximum absolute atomic E-state index is 12.5. The van der Waals surface area contributed by atoms with Crippen molar-refractivity contribution in [3.05, 3.63) is 53.1 Å². The summed E-state index contributed by atoms with van der Waals surface area (Å²) in [5, 5.41) is 3.61. The second kappa shape index (κ2) is 6.60. The van der Waals surface area contributed by atoms with E-state index < -0.39 is 6.10 Å². The molecule has 5 heteroatoms. The van der Waals surface area contributed by atoms with Crippen molar-refractivity contribution in [3.8, 4) is 5.75 Å². The van der Waals surface area contributed by atoms with Crippen LogP contribution in [0.1, 0.15) is 18.9 Å². The number of carbonyl (C=O) groups is 1. The number of amides is 1. The number of hydrogen-bond acceptors (Lipinski definition) is 3. The van der Waals surface area contributed by atoms with Crippen molar-refractivity contribution in [2.45, 2.75) is 25.9 Å². The molecule has 0 spiro atoms. The Balaban J connectivity index is 1.38. The summed E-state index contributed by atoms with van der Waals surface area (Å²) < 4.78 is 5.73. The Kier molecular flexibility index (Phi) is 4.30. The van der Waals surface area contributed by atoms with E-state index in [1.165, 1.54) is 12.1 Å². The monoisotopic (exact) mass is 356 g/mol. The van der Waals surface area contributed by atoms with E-state index in [1.54, 1.807) is 6.07 Å². The van der Waals surface area contributed by atoms with Gasteiger partial charge in [0.25, 0.3) is 5.91 Å². The van der Waals surface area contributed by atoms with Crippen LogP contribution in [0.25, 0.3) is 0 Å². The predicted molar refractivity (Wildman–Crippen MR) is 101 cm³/mol. The van der Waals surface area contributed by atoms with Gasteiger partial charge >= 0.3 is 0 Å². The van der Waals surface area contributed by atoms with Gasteiger partial charge in [0.1, 0.15) is 5.75 Å². The Labute approximate surface area is 152 Å². The molecule has 0 bridgehead atoms. The quantitative estimate of drug-likeness (QED) is 0.899. The van der Waals surface area contributed by atoms with Crippen LogP contribution in [0, 0.1) is 5.92 Å². The molecule has 0 saturated carbocycles. The molecule has 4 nitrogen and oxygen atoms in total. The lowest BCUT2D eigenvalue weighted by Crippen LogP contribution is -2.31. The summed E-state index contributed by atoms with van der Waals surface area (Å²) in [6.07, 6.45) is 1.28. The summed E-state index contributed by atoms with van der Waals surface area (Å²) in [5.74, 6) is 1.35. The minimum Gasteiger partial charge on any atom is -0.480 e. The highest BCUT2D eigenvalue weighted by atomic mass is 35.5. The highest BCUT2D eigenvalue weighted by Gasteiger charge is 2.29. The molecule has 1 fully saturated rings. The zero-order valence-electron chi connectivity index (χ0n) is 14.2. The Bertz CT molecular complexity index is 791. The van der Waals surface area contributed by atoms with E-state index in [-0.39, 0.29) is 5.91 Å². The van der Waals surface area contributed by atoms with Gasteiger partial charge in [0.15, 0.2) is 6.10 Å². The highest BCUT2D eigenvalue weighted by molar-refractivity contribution is 6.30. The van der Waals surface area contributed by atoms with Crippen LogP contribution in [0.15, 0.2) is 42.5 Å². The van der Waals surface area contributed by atoms with Gasteiger partial charge in [-0.3, -0.25) is 4.79 Å². The summed E-state index contributed by atoms with van der Waals surface area (Å²) in [6, 6.07) is 13.5. The molecule has 2 aliphatic rings. The zero-order valence-corrected chi connectivity index (χ0v) is 14.9. The lowest BCUT2D eigenvalue weighted by molar-refractivity contribution is -0.122. The summed E-state index contributed by atoms with van der Waals surface area (Å²) >= 11 is 6.00. The zero-order chi connectivity index (χ0) is 17.4. The summed E-state index contributed by atoms with van der Waals surface area (Å²) in [5.41, 5.74) is 2.98. The largest absolute Gasteiger partial charge is 0.480 e. The van der Waals surface area contributed by atoms with Crippen molar-refractivity contribution in [2.75, 3.05) is 23.3 Å². The number of anilines is 2. The third-order valence-corrected chi connectivity index (χ3v) is 5.15. The molecule has 0 radical (unpaired) electrons. The Morgan fingerprint density at radius 1 is 1.24 bits per heavy atom. The first-order valence-corrected chi connectivity index (χ1v) is 9.07. The molecule has 2 aromatic carbocycles. The maximum Gasteiger partial charge on any atom is 0.265 e. The van der Waals surface area contributed by atoms with E-state index in [9.17, 15) is 4.79 Å². The molecule has 1 amide bonds. The minimum absolute atomic E-state index is 0.130. The van der Waals surface area contributed by atoms with Crippen LogP contribution in [-0.2, 0) is 11.2 Å². The normalized spacial score (nSPS) is 21.8. The smallest absolute Gasteiger partial charge is 0.265 e. The number of fused-ring (bicyclic) bond motifs is 1. The standard InChI is InChI=1S/C20H21ClN2O2/c1-13-8-9-23(12-13)17-5-3-16(4-6-17)22-20(24)19-11-14-10-15(21)2-7-18(14)25-19/h2-7,10,13,19H,8-9,11-12H2,1H3,(H,22,24). The van der Waals surface area contributed by atoms with Crippen LogP contribution in [0.3, 0.4) is 0 Å². The van der Waals surface area contributed by atoms with E-state index in [4.69, 9.17) is 16.3 Å². The van der Waals surface area contributed by atoms with Crippen LogP contribution >= 0.6 is 11.6 Å². The summed E-state index contributed by atoms with van der Waals surface area (Å²) in [7, 11) is 0. The molecule has 25 heavy (non-hydrogen) atoms. The SMILES string of the molecule is CC1CCN(c2ccc(NC(=O)C3Cc4cc(Cl)ccc4O3)cc2)C1. The molecule has 1 N–H and O–H groups in total. The fourth-order valence-electron chi connectivity index (χ4n) is 3.51. The Hall–Kier alpha value is -2.20. The first-order chi connectivity index (χ1) is 12.1. The lowest BCUT2D eigenvalue weighted by Gasteiger charge is -2.18. The van der Waals surface area contributed by atoms with Crippen molar-refractivity contribution in [3.63, 3.8) is 0 Å².